The second-order valence-corrected chi connectivity index (χ2v) is 13.3. The molecule has 5 aliphatic rings. The number of nitrogens with one attached hydrogen (secondary N) is 1. The van der Waals surface area contributed by atoms with Crippen LogP contribution in [-0.2, 0) is 14.3 Å². The Kier molecular flexibility index (Phi) is 6.86. The number of benzene rings is 1. The number of nitrogens with two attached hydrogens (primary N) is 2. The fraction of sp³-hybridized carbons (Fsp3) is 0.545. The van der Waals surface area contributed by atoms with Gasteiger partial charge in [-0.1, -0.05) is 31.1 Å². The molecule has 4 fully saturated rings. The van der Waals surface area contributed by atoms with Crippen molar-refractivity contribution in [1.82, 2.24) is 5.32 Å². The number of halogens is 1. The molecule has 3 amide bonds. The van der Waals surface area contributed by atoms with Gasteiger partial charge in [0.2, 0.25) is 17.7 Å². The summed E-state index contributed by atoms with van der Waals surface area (Å²) in [6, 6.07) is 3.98. The van der Waals surface area contributed by atoms with Crippen molar-refractivity contribution in [3.8, 4) is 0 Å². The number of carbonyl (C=O) groups is 3. The van der Waals surface area contributed by atoms with Crippen molar-refractivity contribution in [2.75, 3.05) is 13.7 Å². The first-order chi connectivity index (χ1) is 19.6. The highest BCUT2D eigenvalue weighted by molar-refractivity contribution is 5.95. The van der Waals surface area contributed by atoms with E-state index in [4.69, 9.17) is 16.2 Å². The molecule has 6 rings (SSSR count). The lowest BCUT2D eigenvalue weighted by atomic mass is 9.57. The average molecular weight is 562 g/mol. The van der Waals surface area contributed by atoms with Crippen LogP contribution in [0.3, 0.4) is 0 Å². The summed E-state index contributed by atoms with van der Waals surface area (Å²) in [4.78, 5) is 39.7. The van der Waals surface area contributed by atoms with Crippen LogP contribution in [0.5, 0.6) is 0 Å². The van der Waals surface area contributed by atoms with Crippen molar-refractivity contribution in [2.24, 2.45) is 51.9 Å². The van der Waals surface area contributed by atoms with E-state index in [1.165, 1.54) is 50.1 Å². The van der Waals surface area contributed by atoms with E-state index in [1.54, 1.807) is 12.2 Å². The summed E-state index contributed by atoms with van der Waals surface area (Å²) in [5.74, 6) is -1.62. The molecule has 5 atom stereocenters. The smallest absolute Gasteiger partial charge is 0.248 e. The quantitative estimate of drug-likeness (QED) is 0.380. The van der Waals surface area contributed by atoms with Crippen LogP contribution in [0.25, 0.3) is 5.57 Å². The predicted molar refractivity (Wildman–Crippen MR) is 153 cm³/mol. The van der Waals surface area contributed by atoms with Gasteiger partial charge in [0.25, 0.3) is 0 Å². The number of hydrogen-bond acceptors (Lipinski definition) is 4. The maximum atomic E-state index is 15.2. The molecule has 0 aliphatic heterocycles. The van der Waals surface area contributed by atoms with Gasteiger partial charge >= 0.3 is 0 Å². The van der Waals surface area contributed by atoms with Gasteiger partial charge in [-0.15, -0.1) is 0 Å². The standard InChI is InChI=1S/C33H40FN3O4/c1-32(10-3-11-32)17-37-30(39)27-22-13-21(12-18-4-5-18)24(15-22)28(27)33(31(36)40)16-20(7-9-26(33)41-2)23-14-19(29(35)38)6-8-25(23)34/h6-9,12,14,18,22,24,27-28H,3-5,10-11,13,15-17H2,1-2H3,(H2,35,38)(H2,36,40)(H,37,39)/t22-,24+,27+,28-,33?/m1/s1. The molecule has 0 radical (unpaired) electrons. The van der Waals surface area contributed by atoms with E-state index in [0.717, 1.165) is 25.7 Å². The zero-order valence-electron chi connectivity index (χ0n) is 23.9. The van der Waals surface area contributed by atoms with Crippen molar-refractivity contribution in [3.05, 3.63) is 64.7 Å². The zero-order chi connectivity index (χ0) is 29.1. The SMILES string of the molecule is COC1=CC=C(c2cc(C(N)=O)ccc2F)CC1(C(N)=O)[C@H]1[C@@H](C(=O)NCC2(C)CCC2)[C@@H]2CC(=CC3CC3)[C@@H]1C2. The fourth-order valence-corrected chi connectivity index (χ4v) is 8.16. The normalized spacial score (nSPS) is 32.6. The molecule has 0 aromatic heterocycles. The van der Waals surface area contributed by atoms with Gasteiger partial charge in [0.15, 0.2) is 0 Å². The summed E-state index contributed by atoms with van der Waals surface area (Å²) in [5.41, 5.74) is 12.8. The molecule has 1 unspecified atom stereocenters. The number of hydrogen-bond donors (Lipinski definition) is 3. The Hall–Kier alpha value is -3.42. The number of methoxy groups -OCH3 is 1. The van der Waals surface area contributed by atoms with E-state index >= 15 is 4.39 Å². The third kappa shape index (κ3) is 4.69. The minimum Gasteiger partial charge on any atom is -0.500 e. The molecule has 0 spiro atoms. The van der Waals surface area contributed by atoms with Gasteiger partial charge in [-0.3, -0.25) is 14.4 Å². The highest BCUT2D eigenvalue weighted by Crippen LogP contribution is 2.65. The summed E-state index contributed by atoms with van der Waals surface area (Å²) >= 11 is 0. The highest BCUT2D eigenvalue weighted by atomic mass is 19.1. The van der Waals surface area contributed by atoms with Crippen LogP contribution in [0.1, 0.15) is 74.2 Å². The molecule has 0 heterocycles. The number of primary amides is 2. The predicted octanol–water partition coefficient (Wildman–Crippen LogP) is 4.63. The molecule has 5 N–H and O–H groups in total. The second kappa shape index (κ2) is 10.1. The number of rotatable bonds is 9. The van der Waals surface area contributed by atoms with Crippen LogP contribution in [0.2, 0.25) is 0 Å². The molecule has 8 heteroatoms. The van der Waals surface area contributed by atoms with Gasteiger partial charge < -0.3 is 21.5 Å². The van der Waals surface area contributed by atoms with Crippen molar-refractivity contribution in [2.45, 2.75) is 58.3 Å². The monoisotopic (exact) mass is 561 g/mol. The zero-order valence-corrected chi connectivity index (χ0v) is 23.9. The third-order valence-corrected chi connectivity index (χ3v) is 10.7. The van der Waals surface area contributed by atoms with Crippen LogP contribution in [0.4, 0.5) is 4.39 Å². The third-order valence-electron chi connectivity index (χ3n) is 10.7. The van der Waals surface area contributed by atoms with Gasteiger partial charge in [-0.25, -0.2) is 4.39 Å². The van der Waals surface area contributed by atoms with Crippen molar-refractivity contribution < 1.29 is 23.5 Å². The summed E-state index contributed by atoms with van der Waals surface area (Å²) in [5, 5.41) is 3.25. The molecule has 1 aromatic carbocycles. The second-order valence-electron chi connectivity index (χ2n) is 13.3. The van der Waals surface area contributed by atoms with Crippen molar-refractivity contribution in [1.29, 1.82) is 0 Å². The molecule has 1 aromatic rings. The lowest BCUT2D eigenvalue weighted by Crippen LogP contribution is -2.54. The van der Waals surface area contributed by atoms with Gasteiger partial charge in [-0.05, 0) is 104 Å². The fourth-order valence-electron chi connectivity index (χ4n) is 8.16. The first-order valence-corrected chi connectivity index (χ1v) is 14.9. The lowest BCUT2D eigenvalue weighted by Gasteiger charge is -2.47. The summed E-state index contributed by atoms with van der Waals surface area (Å²) in [7, 11) is 1.51. The molecular formula is C33H40FN3O4. The summed E-state index contributed by atoms with van der Waals surface area (Å²) in [6.45, 7) is 2.82. The Bertz CT molecular complexity index is 1390. The van der Waals surface area contributed by atoms with Gasteiger partial charge in [0, 0.05) is 23.6 Å². The van der Waals surface area contributed by atoms with E-state index in [0.29, 0.717) is 23.8 Å². The highest BCUT2D eigenvalue weighted by Gasteiger charge is 2.64. The average Bonchev–Trinajstić information content (AvgIpc) is 3.55. The minimum absolute atomic E-state index is 0.00263. The first kappa shape index (κ1) is 27.7. The van der Waals surface area contributed by atoms with Crippen molar-refractivity contribution >= 4 is 23.3 Å². The summed E-state index contributed by atoms with van der Waals surface area (Å²) < 4.78 is 21.1. The molecular weight excluding hydrogens is 521 g/mol. The van der Waals surface area contributed by atoms with Crippen LogP contribution in [0, 0.1) is 46.2 Å². The number of ether oxygens (including phenoxy) is 1. The van der Waals surface area contributed by atoms with Crippen molar-refractivity contribution in [3.63, 3.8) is 0 Å². The van der Waals surface area contributed by atoms with Gasteiger partial charge in [-0.2, -0.15) is 0 Å². The molecule has 7 nitrogen and oxygen atoms in total. The Morgan fingerprint density at radius 3 is 2.54 bits per heavy atom. The molecule has 2 bridgehead atoms. The number of fused-ring (bicyclic) bond motifs is 2. The molecule has 218 valence electrons. The Balaban J connectivity index is 1.42. The van der Waals surface area contributed by atoms with E-state index in [9.17, 15) is 14.4 Å². The number of amides is 3. The van der Waals surface area contributed by atoms with Gasteiger partial charge in [0.05, 0.1) is 7.11 Å². The Morgan fingerprint density at radius 1 is 1.17 bits per heavy atom. The van der Waals surface area contributed by atoms with E-state index < -0.39 is 34.9 Å². The maximum absolute atomic E-state index is 15.2. The lowest BCUT2D eigenvalue weighted by molar-refractivity contribution is -0.138. The molecule has 4 saturated carbocycles. The van der Waals surface area contributed by atoms with Gasteiger partial charge in [0.1, 0.15) is 17.0 Å². The minimum atomic E-state index is -1.36. The van der Waals surface area contributed by atoms with E-state index in [1.807, 2.05) is 0 Å². The number of allylic oxidation sites excluding steroid dienone is 5. The Morgan fingerprint density at radius 2 is 1.93 bits per heavy atom. The van der Waals surface area contributed by atoms with Crippen LogP contribution < -0.4 is 16.8 Å². The van der Waals surface area contributed by atoms with Crippen LogP contribution >= 0.6 is 0 Å². The summed E-state index contributed by atoms with van der Waals surface area (Å²) in [6.07, 6.45) is 13.2. The molecule has 5 aliphatic carbocycles. The Labute approximate surface area is 240 Å². The first-order valence-electron chi connectivity index (χ1n) is 14.9. The van der Waals surface area contributed by atoms with Crippen LogP contribution in [-0.4, -0.2) is 31.4 Å². The largest absolute Gasteiger partial charge is 0.500 e. The van der Waals surface area contributed by atoms with Crippen LogP contribution in [0.15, 0.2) is 47.8 Å². The van der Waals surface area contributed by atoms with E-state index in [-0.39, 0.29) is 40.7 Å². The molecule has 0 saturated heterocycles. The molecule has 41 heavy (non-hydrogen) atoms. The maximum Gasteiger partial charge on any atom is 0.248 e. The number of carbonyl (C=O) groups excluding carboxylic acids is 3. The van der Waals surface area contributed by atoms with E-state index in [2.05, 4.69) is 18.3 Å². The topological polar surface area (TPSA) is 125 Å².